The Hall–Kier alpha value is -3.33. The number of ether oxygens (including phenoxy) is 1. The number of rotatable bonds is 7. The molecule has 0 aromatic heterocycles. The Morgan fingerprint density at radius 3 is 2.04 bits per heavy atom. The normalized spacial score (nSPS) is 9.76. The molecule has 0 saturated heterocycles. The molecule has 0 aliphatic rings. The third-order valence-electron chi connectivity index (χ3n) is 3.29. The minimum Gasteiger partial charge on any atom is -0.494 e. The molecule has 6 nitrogen and oxygen atoms in total. The SMILES string of the molecule is CCOc1ccc(CC(=O)Nc2ccc(NC(=O)CC#N)cc2)cc1. The molecule has 0 spiro atoms. The van der Waals surface area contributed by atoms with Crippen molar-refractivity contribution in [2.75, 3.05) is 17.2 Å². The van der Waals surface area contributed by atoms with Gasteiger partial charge in [-0.3, -0.25) is 9.59 Å². The molecule has 0 radical (unpaired) electrons. The highest BCUT2D eigenvalue weighted by Crippen LogP contribution is 2.15. The molecule has 2 amide bonds. The van der Waals surface area contributed by atoms with E-state index in [4.69, 9.17) is 10.00 Å². The van der Waals surface area contributed by atoms with Crippen LogP contribution in [-0.4, -0.2) is 18.4 Å². The summed E-state index contributed by atoms with van der Waals surface area (Å²) in [6, 6.07) is 15.9. The maximum absolute atomic E-state index is 12.1. The molecule has 25 heavy (non-hydrogen) atoms. The molecule has 0 bridgehead atoms. The van der Waals surface area contributed by atoms with Gasteiger partial charge in [0, 0.05) is 11.4 Å². The first-order chi connectivity index (χ1) is 12.1. The van der Waals surface area contributed by atoms with Crippen molar-refractivity contribution in [1.82, 2.24) is 0 Å². The molecule has 0 aliphatic heterocycles. The first-order valence-electron chi connectivity index (χ1n) is 7.89. The number of carbonyl (C=O) groups is 2. The molecule has 2 aromatic carbocycles. The van der Waals surface area contributed by atoms with E-state index >= 15 is 0 Å². The van der Waals surface area contributed by atoms with E-state index < -0.39 is 0 Å². The Balaban J connectivity index is 1.87. The average Bonchev–Trinajstić information content (AvgIpc) is 2.59. The van der Waals surface area contributed by atoms with Crippen LogP contribution in [0, 0.1) is 11.3 Å². The van der Waals surface area contributed by atoms with Gasteiger partial charge < -0.3 is 15.4 Å². The van der Waals surface area contributed by atoms with Crippen molar-refractivity contribution >= 4 is 23.2 Å². The van der Waals surface area contributed by atoms with E-state index in [1.807, 2.05) is 31.2 Å². The van der Waals surface area contributed by atoms with Crippen LogP contribution >= 0.6 is 0 Å². The minimum atomic E-state index is -0.366. The van der Waals surface area contributed by atoms with Crippen LogP contribution in [0.1, 0.15) is 18.9 Å². The fraction of sp³-hybridized carbons (Fsp3) is 0.211. The van der Waals surface area contributed by atoms with Crippen molar-refractivity contribution in [2.24, 2.45) is 0 Å². The van der Waals surface area contributed by atoms with Crippen molar-refractivity contribution in [1.29, 1.82) is 5.26 Å². The molecule has 2 N–H and O–H groups in total. The molecule has 6 heteroatoms. The van der Waals surface area contributed by atoms with Gasteiger partial charge in [-0.25, -0.2) is 0 Å². The fourth-order valence-corrected chi connectivity index (χ4v) is 2.17. The molecular formula is C19H19N3O3. The van der Waals surface area contributed by atoms with Gasteiger partial charge in [0.1, 0.15) is 12.2 Å². The third kappa shape index (κ3) is 5.99. The predicted octanol–water partition coefficient (Wildman–Crippen LogP) is 3.12. The van der Waals surface area contributed by atoms with Gasteiger partial charge in [0.15, 0.2) is 0 Å². The third-order valence-corrected chi connectivity index (χ3v) is 3.29. The van der Waals surface area contributed by atoms with Crippen LogP contribution in [0.5, 0.6) is 5.75 Å². The summed E-state index contributed by atoms with van der Waals surface area (Å²) in [5, 5.41) is 13.8. The number of anilines is 2. The van der Waals surface area contributed by atoms with E-state index in [0.717, 1.165) is 11.3 Å². The zero-order valence-electron chi connectivity index (χ0n) is 13.9. The second kappa shape index (κ2) is 9.08. The molecule has 2 rings (SSSR count). The van der Waals surface area contributed by atoms with Crippen LogP contribution in [-0.2, 0) is 16.0 Å². The van der Waals surface area contributed by atoms with E-state index in [1.54, 1.807) is 30.3 Å². The molecule has 0 heterocycles. The number of benzene rings is 2. The average molecular weight is 337 g/mol. The zero-order valence-corrected chi connectivity index (χ0v) is 13.9. The number of nitrogens with zero attached hydrogens (tertiary/aromatic N) is 1. The molecule has 0 atom stereocenters. The highest BCUT2D eigenvalue weighted by Gasteiger charge is 2.06. The lowest BCUT2D eigenvalue weighted by Gasteiger charge is -2.08. The Labute approximate surface area is 146 Å². The van der Waals surface area contributed by atoms with E-state index in [0.29, 0.717) is 18.0 Å². The number of hydrogen-bond donors (Lipinski definition) is 2. The lowest BCUT2D eigenvalue weighted by atomic mass is 10.1. The Morgan fingerprint density at radius 1 is 0.960 bits per heavy atom. The van der Waals surface area contributed by atoms with Gasteiger partial charge in [0.2, 0.25) is 11.8 Å². The smallest absolute Gasteiger partial charge is 0.238 e. The van der Waals surface area contributed by atoms with Gasteiger partial charge in [-0.05, 0) is 48.9 Å². The summed E-state index contributed by atoms with van der Waals surface area (Å²) in [7, 11) is 0. The van der Waals surface area contributed by atoms with Crippen molar-refractivity contribution in [3.63, 3.8) is 0 Å². The van der Waals surface area contributed by atoms with E-state index in [2.05, 4.69) is 10.6 Å². The quantitative estimate of drug-likeness (QED) is 0.812. The van der Waals surface area contributed by atoms with Crippen molar-refractivity contribution < 1.29 is 14.3 Å². The van der Waals surface area contributed by atoms with Crippen LogP contribution in [0.15, 0.2) is 48.5 Å². The first kappa shape index (κ1) is 18.0. The second-order valence-electron chi connectivity index (χ2n) is 5.26. The largest absolute Gasteiger partial charge is 0.494 e. The topological polar surface area (TPSA) is 91.2 Å². The lowest BCUT2D eigenvalue weighted by Crippen LogP contribution is -2.14. The van der Waals surface area contributed by atoms with Gasteiger partial charge in [0.05, 0.1) is 19.1 Å². The van der Waals surface area contributed by atoms with E-state index in [1.165, 1.54) is 0 Å². The minimum absolute atomic E-state index is 0.134. The highest BCUT2D eigenvalue weighted by atomic mass is 16.5. The summed E-state index contributed by atoms with van der Waals surface area (Å²) < 4.78 is 5.37. The molecule has 0 aliphatic carbocycles. The summed E-state index contributed by atoms with van der Waals surface area (Å²) in [6.07, 6.45) is 0.0631. The van der Waals surface area contributed by atoms with Gasteiger partial charge in [0.25, 0.3) is 0 Å². The number of amides is 2. The summed E-state index contributed by atoms with van der Waals surface area (Å²) in [5.74, 6) is 0.279. The fourth-order valence-electron chi connectivity index (χ4n) is 2.17. The second-order valence-corrected chi connectivity index (χ2v) is 5.26. The molecular weight excluding hydrogens is 318 g/mol. The Kier molecular flexibility index (Phi) is 6.55. The van der Waals surface area contributed by atoms with Gasteiger partial charge in [-0.1, -0.05) is 12.1 Å². The Morgan fingerprint density at radius 2 is 1.52 bits per heavy atom. The van der Waals surface area contributed by atoms with Crippen LogP contribution in [0.25, 0.3) is 0 Å². The number of carbonyl (C=O) groups excluding carboxylic acids is 2. The number of hydrogen-bond acceptors (Lipinski definition) is 4. The Bertz CT molecular complexity index is 762. The molecule has 0 saturated carbocycles. The van der Waals surface area contributed by atoms with Crippen molar-refractivity contribution in [3.05, 3.63) is 54.1 Å². The molecule has 0 fully saturated rings. The van der Waals surface area contributed by atoms with Crippen molar-refractivity contribution in [2.45, 2.75) is 19.8 Å². The monoisotopic (exact) mass is 337 g/mol. The van der Waals surface area contributed by atoms with Crippen LogP contribution < -0.4 is 15.4 Å². The highest BCUT2D eigenvalue weighted by molar-refractivity contribution is 5.94. The zero-order chi connectivity index (χ0) is 18.1. The molecule has 0 unspecified atom stereocenters. The van der Waals surface area contributed by atoms with Gasteiger partial charge >= 0.3 is 0 Å². The lowest BCUT2D eigenvalue weighted by molar-refractivity contribution is -0.116. The van der Waals surface area contributed by atoms with Crippen LogP contribution in [0.3, 0.4) is 0 Å². The molecule has 128 valence electrons. The number of nitrogens with one attached hydrogen (secondary N) is 2. The standard InChI is InChI=1S/C19H19N3O3/c1-2-25-17-9-3-14(4-10-17)13-19(24)22-16-7-5-15(6-8-16)21-18(23)11-12-20/h3-10H,2,11,13H2,1H3,(H,21,23)(H,22,24). The molecule has 2 aromatic rings. The van der Waals surface area contributed by atoms with E-state index in [9.17, 15) is 9.59 Å². The maximum atomic E-state index is 12.1. The van der Waals surface area contributed by atoms with Crippen molar-refractivity contribution in [3.8, 4) is 11.8 Å². The summed E-state index contributed by atoms with van der Waals surface area (Å²) in [4.78, 5) is 23.4. The van der Waals surface area contributed by atoms with Crippen LogP contribution in [0.4, 0.5) is 11.4 Å². The summed E-state index contributed by atoms with van der Waals surface area (Å²) in [5.41, 5.74) is 2.10. The first-order valence-corrected chi connectivity index (χ1v) is 7.89. The number of nitriles is 1. The van der Waals surface area contributed by atoms with Crippen LogP contribution in [0.2, 0.25) is 0 Å². The van der Waals surface area contributed by atoms with Gasteiger partial charge in [-0.2, -0.15) is 5.26 Å². The predicted molar refractivity (Wildman–Crippen MR) is 95.2 cm³/mol. The summed E-state index contributed by atoms with van der Waals surface area (Å²) >= 11 is 0. The van der Waals surface area contributed by atoms with E-state index in [-0.39, 0.29) is 24.7 Å². The summed E-state index contributed by atoms with van der Waals surface area (Å²) in [6.45, 7) is 2.52. The maximum Gasteiger partial charge on any atom is 0.238 e. The van der Waals surface area contributed by atoms with Gasteiger partial charge in [-0.15, -0.1) is 0 Å².